The van der Waals surface area contributed by atoms with Gasteiger partial charge in [-0.05, 0) is 55.1 Å². The van der Waals surface area contributed by atoms with Crippen LogP contribution in [-0.2, 0) is 12.6 Å². The van der Waals surface area contributed by atoms with E-state index in [2.05, 4.69) is 0 Å². The summed E-state index contributed by atoms with van der Waals surface area (Å²) < 4.78 is 36.1. The van der Waals surface area contributed by atoms with Crippen molar-refractivity contribution < 1.29 is 18.6 Å². The van der Waals surface area contributed by atoms with Gasteiger partial charge < -0.3 is 14.4 Å². The maximum atomic E-state index is 14.2. The molecule has 0 unspecified atom stereocenters. The fourth-order valence-corrected chi connectivity index (χ4v) is 4.17. The molecule has 0 saturated heterocycles. The number of halogens is 2. The topological polar surface area (TPSA) is 51.5 Å². The lowest BCUT2D eigenvalue weighted by molar-refractivity contribution is 0.0786. The predicted octanol–water partition coefficient (Wildman–Crippen LogP) is 5.56. The van der Waals surface area contributed by atoms with E-state index in [9.17, 15) is 18.7 Å². The first-order chi connectivity index (χ1) is 14.2. The zero-order valence-corrected chi connectivity index (χ0v) is 17.4. The number of nitrogens with zero attached hydrogens (tertiary/aromatic N) is 1. The van der Waals surface area contributed by atoms with E-state index in [1.54, 1.807) is 45.3 Å². The SMILES string of the molecule is Cn1cc(-c2cc(C(C)(C)O)ccc2Oc2c(F)cccc2F)c2ccsc2c1=O. The molecule has 0 fully saturated rings. The Morgan fingerprint density at radius 3 is 2.43 bits per heavy atom. The van der Waals surface area contributed by atoms with Gasteiger partial charge in [-0.15, -0.1) is 11.3 Å². The van der Waals surface area contributed by atoms with Crippen molar-refractivity contribution in [2.45, 2.75) is 19.4 Å². The quantitative estimate of drug-likeness (QED) is 0.464. The van der Waals surface area contributed by atoms with E-state index in [0.29, 0.717) is 26.8 Å². The number of aromatic nitrogens is 1. The van der Waals surface area contributed by atoms with Gasteiger partial charge in [-0.1, -0.05) is 12.1 Å². The van der Waals surface area contributed by atoms with E-state index >= 15 is 0 Å². The van der Waals surface area contributed by atoms with Gasteiger partial charge in [-0.2, -0.15) is 0 Å². The maximum absolute atomic E-state index is 14.2. The molecule has 2 aromatic carbocycles. The number of aliphatic hydroxyl groups is 1. The number of para-hydroxylation sites is 1. The first kappa shape index (κ1) is 20.3. The van der Waals surface area contributed by atoms with Crippen LogP contribution in [0, 0.1) is 11.6 Å². The van der Waals surface area contributed by atoms with Gasteiger partial charge in [0, 0.05) is 29.8 Å². The predicted molar refractivity (Wildman–Crippen MR) is 114 cm³/mol. The van der Waals surface area contributed by atoms with Crippen molar-refractivity contribution in [2.75, 3.05) is 0 Å². The molecule has 1 N–H and O–H groups in total. The van der Waals surface area contributed by atoms with Crippen molar-refractivity contribution >= 4 is 21.4 Å². The smallest absolute Gasteiger partial charge is 0.268 e. The van der Waals surface area contributed by atoms with Gasteiger partial charge in [-0.3, -0.25) is 4.79 Å². The molecule has 0 aliphatic carbocycles. The average molecular weight is 427 g/mol. The molecule has 0 spiro atoms. The van der Waals surface area contributed by atoms with Crippen LogP contribution in [0.2, 0.25) is 0 Å². The summed E-state index contributed by atoms with van der Waals surface area (Å²) in [7, 11) is 1.64. The second-order valence-electron chi connectivity index (χ2n) is 7.55. The summed E-state index contributed by atoms with van der Waals surface area (Å²) in [6.07, 6.45) is 1.66. The molecule has 4 nitrogen and oxygen atoms in total. The molecule has 2 aromatic heterocycles. The molecule has 0 radical (unpaired) electrons. The fraction of sp³-hybridized carbons (Fsp3) is 0.174. The number of benzene rings is 2. The number of rotatable bonds is 4. The summed E-state index contributed by atoms with van der Waals surface area (Å²) in [5, 5.41) is 13.0. The van der Waals surface area contributed by atoms with Crippen molar-refractivity contribution in [1.29, 1.82) is 0 Å². The zero-order valence-electron chi connectivity index (χ0n) is 16.6. The standard InChI is InChI=1S/C23H19F2NO3S/c1-23(2,28)13-7-8-19(29-20-17(24)5-4-6-18(20)25)15(11-13)16-12-26(3)22(27)21-14(16)9-10-30-21/h4-12,28H,1-3H3. The molecule has 30 heavy (non-hydrogen) atoms. The van der Waals surface area contributed by atoms with Crippen LogP contribution in [0.1, 0.15) is 19.4 Å². The van der Waals surface area contributed by atoms with Crippen molar-refractivity contribution in [1.82, 2.24) is 4.57 Å². The molecule has 0 saturated carbocycles. The highest BCUT2D eigenvalue weighted by Crippen LogP contribution is 2.40. The summed E-state index contributed by atoms with van der Waals surface area (Å²) in [4.78, 5) is 12.5. The van der Waals surface area contributed by atoms with Gasteiger partial charge in [-0.25, -0.2) is 8.78 Å². The Kier molecular flexibility index (Phi) is 4.95. The first-order valence-electron chi connectivity index (χ1n) is 9.23. The minimum absolute atomic E-state index is 0.134. The highest BCUT2D eigenvalue weighted by molar-refractivity contribution is 7.17. The Morgan fingerprint density at radius 1 is 1.07 bits per heavy atom. The second-order valence-corrected chi connectivity index (χ2v) is 8.46. The highest BCUT2D eigenvalue weighted by Gasteiger charge is 2.22. The molecule has 0 aliphatic rings. The van der Waals surface area contributed by atoms with Gasteiger partial charge >= 0.3 is 0 Å². The summed E-state index contributed by atoms with van der Waals surface area (Å²) in [5.41, 5.74) is 0.480. The van der Waals surface area contributed by atoms with Crippen LogP contribution in [0.3, 0.4) is 0 Å². The Bertz CT molecular complexity index is 1300. The van der Waals surface area contributed by atoms with E-state index in [1.165, 1.54) is 22.0 Å². The maximum Gasteiger partial charge on any atom is 0.268 e. The van der Waals surface area contributed by atoms with Crippen LogP contribution in [0.4, 0.5) is 8.78 Å². The minimum atomic E-state index is -1.15. The largest absolute Gasteiger partial charge is 0.451 e. The summed E-state index contributed by atoms with van der Waals surface area (Å²) in [6, 6.07) is 10.2. The van der Waals surface area contributed by atoms with Gasteiger partial charge in [0.15, 0.2) is 17.4 Å². The third kappa shape index (κ3) is 3.51. The first-order valence-corrected chi connectivity index (χ1v) is 10.1. The van der Waals surface area contributed by atoms with Crippen LogP contribution in [0.15, 0.2) is 58.8 Å². The van der Waals surface area contributed by atoms with Crippen molar-refractivity contribution in [3.8, 4) is 22.6 Å². The molecule has 0 bridgehead atoms. The van der Waals surface area contributed by atoms with Crippen LogP contribution >= 0.6 is 11.3 Å². The molecule has 4 rings (SSSR count). The van der Waals surface area contributed by atoms with Crippen LogP contribution < -0.4 is 10.3 Å². The second kappa shape index (κ2) is 7.34. The minimum Gasteiger partial charge on any atom is -0.451 e. The molecule has 7 heteroatoms. The van der Waals surface area contributed by atoms with Crippen molar-refractivity contribution in [3.05, 3.63) is 81.6 Å². The lowest BCUT2D eigenvalue weighted by atomic mass is 9.93. The lowest BCUT2D eigenvalue weighted by Crippen LogP contribution is -2.16. The zero-order chi connectivity index (χ0) is 21.6. The number of ether oxygens (including phenoxy) is 1. The third-order valence-corrected chi connectivity index (χ3v) is 5.80. The highest BCUT2D eigenvalue weighted by atomic mass is 32.1. The van der Waals surface area contributed by atoms with Crippen LogP contribution in [0.5, 0.6) is 11.5 Å². The van der Waals surface area contributed by atoms with E-state index in [-0.39, 0.29) is 11.3 Å². The fourth-order valence-electron chi connectivity index (χ4n) is 3.28. The van der Waals surface area contributed by atoms with Gasteiger partial charge in [0.1, 0.15) is 10.4 Å². The third-order valence-electron chi connectivity index (χ3n) is 4.90. The van der Waals surface area contributed by atoms with Crippen LogP contribution in [0.25, 0.3) is 21.2 Å². The molecular formula is C23H19F2NO3S. The molecule has 2 heterocycles. The molecule has 0 atom stereocenters. The van der Waals surface area contributed by atoms with Crippen molar-refractivity contribution in [2.24, 2.45) is 7.05 Å². The van der Waals surface area contributed by atoms with E-state index < -0.39 is 23.0 Å². The summed E-state index contributed by atoms with van der Waals surface area (Å²) in [6.45, 7) is 3.29. The molecule has 0 aliphatic heterocycles. The Balaban J connectivity index is 1.99. The lowest BCUT2D eigenvalue weighted by Gasteiger charge is -2.21. The van der Waals surface area contributed by atoms with Gasteiger partial charge in [0.25, 0.3) is 5.56 Å². The molecule has 0 amide bonds. The molecule has 154 valence electrons. The van der Waals surface area contributed by atoms with E-state index in [4.69, 9.17) is 4.74 Å². The Morgan fingerprint density at radius 2 is 1.77 bits per heavy atom. The summed E-state index contributed by atoms with van der Waals surface area (Å²) >= 11 is 1.32. The number of hydrogen-bond donors (Lipinski definition) is 1. The Labute approximate surface area is 175 Å². The Hall–Kier alpha value is -3.03. The average Bonchev–Trinajstić information content (AvgIpc) is 3.17. The normalized spacial score (nSPS) is 11.8. The number of hydrogen-bond acceptors (Lipinski definition) is 4. The van der Waals surface area contributed by atoms with E-state index in [0.717, 1.165) is 12.1 Å². The van der Waals surface area contributed by atoms with Gasteiger partial charge in [0.05, 0.1) is 5.60 Å². The number of pyridine rings is 1. The summed E-state index contributed by atoms with van der Waals surface area (Å²) in [5.74, 6) is -1.96. The van der Waals surface area contributed by atoms with Crippen molar-refractivity contribution in [3.63, 3.8) is 0 Å². The van der Waals surface area contributed by atoms with Gasteiger partial charge in [0.2, 0.25) is 0 Å². The van der Waals surface area contributed by atoms with Crippen LogP contribution in [-0.4, -0.2) is 9.67 Å². The molecular weight excluding hydrogens is 408 g/mol. The molecule has 4 aromatic rings. The number of fused-ring (bicyclic) bond motifs is 1. The number of thiophene rings is 1. The van der Waals surface area contributed by atoms with E-state index in [1.807, 2.05) is 11.4 Å². The monoisotopic (exact) mass is 427 g/mol. The number of aryl methyl sites for hydroxylation is 1.